The van der Waals surface area contributed by atoms with Crippen molar-refractivity contribution in [2.75, 3.05) is 11.9 Å². The van der Waals surface area contributed by atoms with Gasteiger partial charge >= 0.3 is 5.97 Å². The zero-order valence-corrected chi connectivity index (χ0v) is 10.6. The minimum absolute atomic E-state index is 0.0592. The molecular formula is C14H15N3O2. The van der Waals surface area contributed by atoms with Crippen LogP contribution in [0.4, 0.5) is 5.82 Å². The fourth-order valence-electron chi connectivity index (χ4n) is 1.71. The van der Waals surface area contributed by atoms with E-state index in [1.165, 1.54) is 0 Å². The van der Waals surface area contributed by atoms with Gasteiger partial charge in [0.25, 0.3) is 0 Å². The predicted octanol–water partition coefficient (Wildman–Crippen LogP) is 2.34. The Morgan fingerprint density at radius 2 is 2.00 bits per heavy atom. The summed E-state index contributed by atoms with van der Waals surface area (Å²) in [6.45, 7) is 2.16. The van der Waals surface area contributed by atoms with Crippen molar-refractivity contribution in [1.29, 1.82) is 0 Å². The van der Waals surface area contributed by atoms with Crippen LogP contribution >= 0.6 is 0 Å². The quantitative estimate of drug-likeness (QED) is 0.859. The average Bonchev–Trinajstić information content (AvgIpc) is 2.39. The molecular weight excluding hydrogens is 242 g/mol. The van der Waals surface area contributed by atoms with Gasteiger partial charge < -0.3 is 10.4 Å². The molecule has 98 valence electrons. The van der Waals surface area contributed by atoms with Crippen LogP contribution in [-0.4, -0.2) is 27.6 Å². The van der Waals surface area contributed by atoms with Crippen LogP contribution in [0.25, 0.3) is 11.3 Å². The van der Waals surface area contributed by atoms with Crippen molar-refractivity contribution >= 4 is 11.8 Å². The molecule has 0 saturated carbocycles. The van der Waals surface area contributed by atoms with Gasteiger partial charge in [-0.2, -0.15) is 0 Å². The summed E-state index contributed by atoms with van der Waals surface area (Å²) >= 11 is 0. The summed E-state index contributed by atoms with van der Waals surface area (Å²) in [5.74, 6) is 0.466. The van der Waals surface area contributed by atoms with E-state index in [2.05, 4.69) is 15.3 Å². The van der Waals surface area contributed by atoms with Gasteiger partial charge in [0, 0.05) is 18.2 Å². The van der Waals surface area contributed by atoms with E-state index in [1.807, 2.05) is 43.3 Å². The third-order valence-electron chi connectivity index (χ3n) is 2.55. The predicted molar refractivity (Wildman–Crippen MR) is 72.9 cm³/mol. The number of aromatic nitrogens is 2. The maximum absolute atomic E-state index is 10.5. The van der Waals surface area contributed by atoms with Gasteiger partial charge in [-0.25, -0.2) is 9.97 Å². The van der Waals surface area contributed by atoms with E-state index >= 15 is 0 Å². The second-order valence-corrected chi connectivity index (χ2v) is 4.12. The molecule has 2 N–H and O–H groups in total. The van der Waals surface area contributed by atoms with Crippen LogP contribution in [0.1, 0.15) is 12.2 Å². The van der Waals surface area contributed by atoms with Gasteiger partial charge in [-0.3, -0.25) is 4.79 Å². The molecule has 0 aliphatic rings. The Morgan fingerprint density at radius 1 is 1.26 bits per heavy atom. The van der Waals surface area contributed by atoms with Gasteiger partial charge in [0.15, 0.2) is 0 Å². The smallest absolute Gasteiger partial charge is 0.305 e. The molecule has 0 radical (unpaired) electrons. The van der Waals surface area contributed by atoms with Gasteiger partial charge in [0.1, 0.15) is 11.6 Å². The molecule has 0 spiro atoms. The molecule has 2 aromatic rings. The highest BCUT2D eigenvalue weighted by Crippen LogP contribution is 2.19. The monoisotopic (exact) mass is 257 g/mol. The van der Waals surface area contributed by atoms with Crippen molar-refractivity contribution in [3.8, 4) is 11.3 Å². The summed E-state index contributed by atoms with van der Waals surface area (Å²) < 4.78 is 0. The summed E-state index contributed by atoms with van der Waals surface area (Å²) in [5.41, 5.74) is 1.83. The summed E-state index contributed by atoms with van der Waals surface area (Å²) in [6, 6.07) is 11.6. The first-order chi connectivity index (χ1) is 9.15. The van der Waals surface area contributed by atoms with E-state index in [1.54, 1.807) is 0 Å². The fraction of sp³-hybridized carbons (Fsp3) is 0.214. The number of anilines is 1. The Bertz CT molecular complexity index is 570. The third kappa shape index (κ3) is 3.77. The molecule has 1 aromatic heterocycles. The first-order valence-corrected chi connectivity index (χ1v) is 6.02. The van der Waals surface area contributed by atoms with Gasteiger partial charge in [-0.1, -0.05) is 30.3 Å². The summed E-state index contributed by atoms with van der Waals surface area (Å²) in [6.07, 6.45) is 0.0592. The maximum atomic E-state index is 10.5. The van der Waals surface area contributed by atoms with Crippen LogP contribution in [0, 0.1) is 6.92 Å². The van der Waals surface area contributed by atoms with Crippen LogP contribution in [-0.2, 0) is 4.79 Å². The molecule has 0 aliphatic heterocycles. The number of nitrogens with one attached hydrogen (secondary N) is 1. The number of nitrogens with zero attached hydrogens (tertiary/aromatic N) is 2. The van der Waals surface area contributed by atoms with E-state index in [0.717, 1.165) is 11.3 Å². The molecule has 0 saturated heterocycles. The normalized spacial score (nSPS) is 10.2. The Labute approximate surface area is 111 Å². The first-order valence-electron chi connectivity index (χ1n) is 6.02. The molecule has 1 aromatic carbocycles. The van der Waals surface area contributed by atoms with Crippen LogP contribution in [0.5, 0.6) is 0 Å². The number of aryl methyl sites for hydroxylation is 1. The van der Waals surface area contributed by atoms with E-state index in [9.17, 15) is 4.79 Å². The first kappa shape index (κ1) is 13.0. The zero-order valence-electron chi connectivity index (χ0n) is 10.6. The van der Waals surface area contributed by atoms with Gasteiger partial charge in [0.05, 0.1) is 12.1 Å². The number of carboxylic acids is 1. The standard InChI is InChI=1S/C14H15N3O2/c1-10-16-12(11-5-3-2-4-6-11)9-13(17-10)15-8-7-14(18)19/h2-6,9H,7-8H2,1H3,(H,18,19)(H,15,16,17). The average molecular weight is 257 g/mol. The lowest BCUT2D eigenvalue weighted by Gasteiger charge is -2.07. The Balaban J connectivity index is 2.18. The van der Waals surface area contributed by atoms with E-state index in [0.29, 0.717) is 18.2 Å². The lowest BCUT2D eigenvalue weighted by atomic mass is 10.1. The summed E-state index contributed by atoms with van der Waals surface area (Å²) in [7, 11) is 0. The Morgan fingerprint density at radius 3 is 2.68 bits per heavy atom. The molecule has 0 fully saturated rings. The Kier molecular flexibility index (Phi) is 4.07. The molecule has 0 bridgehead atoms. The number of rotatable bonds is 5. The van der Waals surface area contributed by atoms with Crippen LogP contribution in [0.2, 0.25) is 0 Å². The number of aliphatic carboxylic acids is 1. The van der Waals surface area contributed by atoms with Crippen molar-refractivity contribution in [3.63, 3.8) is 0 Å². The van der Waals surface area contributed by atoms with Crippen LogP contribution < -0.4 is 5.32 Å². The maximum Gasteiger partial charge on any atom is 0.305 e. The largest absolute Gasteiger partial charge is 0.481 e. The van der Waals surface area contributed by atoms with Gasteiger partial charge in [0.2, 0.25) is 0 Å². The number of benzene rings is 1. The van der Waals surface area contributed by atoms with Crippen molar-refractivity contribution in [2.45, 2.75) is 13.3 Å². The van der Waals surface area contributed by atoms with Crippen molar-refractivity contribution < 1.29 is 9.90 Å². The molecule has 19 heavy (non-hydrogen) atoms. The summed E-state index contributed by atoms with van der Waals surface area (Å²) in [5, 5.41) is 11.6. The SMILES string of the molecule is Cc1nc(NCCC(=O)O)cc(-c2ccccc2)n1. The molecule has 1 heterocycles. The highest BCUT2D eigenvalue weighted by atomic mass is 16.4. The second kappa shape index (κ2) is 5.95. The lowest BCUT2D eigenvalue weighted by Crippen LogP contribution is -2.09. The number of hydrogen-bond donors (Lipinski definition) is 2. The van der Waals surface area contributed by atoms with E-state index in [-0.39, 0.29) is 6.42 Å². The second-order valence-electron chi connectivity index (χ2n) is 4.12. The van der Waals surface area contributed by atoms with Crippen molar-refractivity contribution in [3.05, 3.63) is 42.2 Å². The molecule has 5 heteroatoms. The molecule has 2 rings (SSSR count). The van der Waals surface area contributed by atoms with Gasteiger partial charge in [-0.05, 0) is 6.92 Å². The molecule has 5 nitrogen and oxygen atoms in total. The van der Waals surface area contributed by atoms with Crippen molar-refractivity contribution in [1.82, 2.24) is 9.97 Å². The zero-order chi connectivity index (χ0) is 13.7. The summed E-state index contributed by atoms with van der Waals surface area (Å²) in [4.78, 5) is 19.1. The fourth-order valence-corrected chi connectivity index (χ4v) is 1.71. The van der Waals surface area contributed by atoms with Crippen LogP contribution in [0.15, 0.2) is 36.4 Å². The topological polar surface area (TPSA) is 75.1 Å². The van der Waals surface area contributed by atoms with Gasteiger partial charge in [-0.15, -0.1) is 0 Å². The molecule has 0 unspecified atom stereocenters. The third-order valence-corrected chi connectivity index (χ3v) is 2.55. The lowest BCUT2D eigenvalue weighted by molar-refractivity contribution is -0.136. The van der Waals surface area contributed by atoms with E-state index in [4.69, 9.17) is 5.11 Å². The number of carbonyl (C=O) groups is 1. The van der Waals surface area contributed by atoms with Crippen molar-refractivity contribution in [2.24, 2.45) is 0 Å². The molecule has 0 aliphatic carbocycles. The van der Waals surface area contributed by atoms with E-state index < -0.39 is 5.97 Å². The number of hydrogen-bond acceptors (Lipinski definition) is 4. The minimum Gasteiger partial charge on any atom is -0.481 e. The minimum atomic E-state index is -0.832. The Hall–Kier alpha value is -2.43. The number of carboxylic acid groups (broad SMARTS) is 1. The molecule has 0 amide bonds. The highest BCUT2D eigenvalue weighted by molar-refractivity contribution is 5.67. The highest BCUT2D eigenvalue weighted by Gasteiger charge is 2.04. The molecule has 0 atom stereocenters. The van der Waals surface area contributed by atoms with Crippen LogP contribution in [0.3, 0.4) is 0 Å².